The van der Waals surface area contributed by atoms with Gasteiger partial charge in [-0.1, -0.05) is 42.5 Å². The molecule has 1 aromatic heterocycles. The maximum Gasteiger partial charge on any atom is 0.253 e. The standard InChI is InChI=1S/C23H26N4O2/c24-20(15-28)17-8-4-9-18(12-17)23(29)27-11-5-10-19(14-27)22-13-21(25-26-22)16-6-2-1-3-7-16/h1-4,6-9,12-13,19-20,28H,5,10-11,14-15,24H2,(H,25,26). The molecule has 2 aromatic carbocycles. The van der Waals surface area contributed by atoms with E-state index in [4.69, 9.17) is 5.73 Å². The minimum absolute atomic E-state index is 0.00416. The Morgan fingerprint density at radius 1 is 1.21 bits per heavy atom. The first-order valence-corrected chi connectivity index (χ1v) is 10.0. The fraction of sp³-hybridized carbons (Fsp3) is 0.304. The second-order valence-corrected chi connectivity index (χ2v) is 7.58. The molecule has 6 heteroatoms. The minimum Gasteiger partial charge on any atom is -0.394 e. The van der Waals surface area contributed by atoms with Crippen LogP contribution >= 0.6 is 0 Å². The maximum atomic E-state index is 13.1. The van der Waals surface area contributed by atoms with Crippen molar-refractivity contribution in [1.29, 1.82) is 0 Å². The summed E-state index contributed by atoms with van der Waals surface area (Å²) in [5, 5.41) is 16.9. The molecule has 150 valence electrons. The van der Waals surface area contributed by atoms with Crippen molar-refractivity contribution in [2.24, 2.45) is 5.73 Å². The van der Waals surface area contributed by atoms with Crippen LogP contribution in [0.1, 0.15) is 46.4 Å². The number of amides is 1. The van der Waals surface area contributed by atoms with Gasteiger partial charge in [-0.05, 0) is 36.6 Å². The van der Waals surface area contributed by atoms with Crippen molar-refractivity contribution in [3.8, 4) is 11.3 Å². The van der Waals surface area contributed by atoms with E-state index in [-0.39, 0.29) is 18.4 Å². The summed E-state index contributed by atoms with van der Waals surface area (Å²) in [6, 6.07) is 19.0. The summed E-state index contributed by atoms with van der Waals surface area (Å²) in [6.07, 6.45) is 1.97. The monoisotopic (exact) mass is 390 g/mol. The number of nitrogens with two attached hydrogens (primary N) is 1. The highest BCUT2D eigenvalue weighted by Gasteiger charge is 2.27. The molecule has 0 spiro atoms. The molecular weight excluding hydrogens is 364 g/mol. The average Bonchev–Trinajstić information content (AvgIpc) is 3.29. The van der Waals surface area contributed by atoms with Crippen LogP contribution in [0.3, 0.4) is 0 Å². The number of nitrogens with zero attached hydrogens (tertiary/aromatic N) is 2. The van der Waals surface area contributed by atoms with Gasteiger partial charge >= 0.3 is 0 Å². The number of likely N-dealkylation sites (tertiary alicyclic amines) is 1. The highest BCUT2D eigenvalue weighted by atomic mass is 16.3. The number of rotatable bonds is 5. The lowest BCUT2D eigenvalue weighted by Crippen LogP contribution is -2.39. The topological polar surface area (TPSA) is 95.2 Å². The molecule has 1 fully saturated rings. The van der Waals surface area contributed by atoms with Crippen molar-refractivity contribution in [3.63, 3.8) is 0 Å². The minimum atomic E-state index is -0.474. The molecule has 1 aliphatic rings. The van der Waals surface area contributed by atoms with Crippen LogP contribution in [0.15, 0.2) is 60.7 Å². The molecule has 2 atom stereocenters. The Kier molecular flexibility index (Phi) is 5.74. The van der Waals surface area contributed by atoms with Crippen molar-refractivity contribution >= 4 is 5.91 Å². The van der Waals surface area contributed by atoms with Crippen LogP contribution in [-0.2, 0) is 0 Å². The SMILES string of the molecule is NC(CO)c1cccc(C(=O)N2CCCC(c3cc(-c4ccccc4)n[nH]3)C2)c1. The first kappa shape index (κ1) is 19.4. The van der Waals surface area contributed by atoms with Gasteiger partial charge in [0.1, 0.15) is 0 Å². The summed E-state index contributed by atoms with van der Waals surface area (Å²) in [5.74, 6) is 0.241. The molecule has 2 heterocycles. The Hall–Kier alpha value is -2.96. The predicted octanol–water partition coefficient (Wildman–Crippen LogP) is 3.09. The molecule has 6 nitrogen and oxygen atoms in total. The third kappa shape index (κ3) is 4.23. The molecular formula is C23H26N4O2. The van der Waals surface area contributed by atoms with Crippen LogP contribution in [0, 0.1) is 0 Å². The van der Waals surface area contributed by atoms with Crippen LogP contribution in [0.2, 0.25) is 0 Å². The highest BCUT2D eigenvalue weighted by Crippen LogP contribution is 2.29. The van der Waals surface area contributed by atoms with Crippen LogP contribution in [0.25, 0.3) is 11.3 Å². The Morgan fingerprint density at radius 2 is 2.03 bits per heavy atom. The van der Waals surface area contributed by atoms with Crippen LogP contribution in [-0.4, -0.2) is 45.8 Å². The lowest BCUT2D eigenvalue weighted by atomic mass is 9.93. The normalized spacial score (nSPS) is 17.9. The van der Waals surface area contributed by atoms with Crippen LogP contribution < -0.4 is 5.73 Å². The van der Waals surface area contributed by atoms with Crippen molar-refractivity contribution in [2.45, 2.75) is 24.8 Å². The second kappa shape index (κ2) is 8.59. The van der Waals surface area contributed by atoms with Crippen molar-refractivity contribution in [3.05, 3.63) is 77.5 Å². The number of H-pyrrole nitrogens is 1. The van der Waals surface area contributed by atoms with Crippen molar-refractivity contribution in [1.82, 2.24) is 15.1 Å². The van der Waals surface area contributed by atoms with E-state index in [1.807, 2.05) is 53.4 Å². The van der Waals surface area contributed by atoms with E-state index in [0.717, 1.165) is 41.9 Å². The number of carbonyl (C=O) groups is 1. The third-order valence-corrected chi connectivity index (χ3v) is 5.57. The van der Waals surface area contributed by atoms with E-state index in [0.29, 0.717) is 12.1 Å². The molecule has 0 bridgehead atoms. The molecule has 1 saturated heterocycles. The Balaban J connectivity index is 1.49. The molecule has 1 amide bonds. The summed E-state index contributed by atoms with van der Waals surface area (Å²) < 4.78 is 0. The van der Waals surface area contributed by atoms with Crippen molar-refractivity contribution in [2.75, 3.05) is 19.7 Å². The summed E-state index contributed by atoms with van der Waals surface area (Å²) in [5.41, 5.74) is 10.4. The predicted molar refractivity (Wildman–Crippen MR) is 112 cm³/mol. The summed E-state index contributed by atoms with van der Waals surface area (Å²) in [6.45, 7) is 1.25. The first-order chi connectivity index (χ1) is 14.2. The van der Waals surface area contributed by atoms with Gasteiger partial charge in [0.15, 0.2) is 0 Å². The quantitative estimate of drug-likeness (QED) is 0.624. The van der Waals surface area contributed by atoms with Gasteiger partial charge in [0.25, 0.3) is 5.91 Å². The van der Waals surface area contributed by atoms with Gasteiger partial charge in [-0.25, -0.2) is 0 Å². The maximum absolute atomic E-state index is 13.1. The number of aliphatic hydroxyl groups excluding tert-OH is 1. The van der Waals surface area contributed by atoms with Gasteiger partial charge in [-0.15, -0.1) is 0 Å². The Labute approximate surface area is 170 Å². The fourth-order valence-electron chi connectivity index (χ4n) is 3.91. The third-order valence-electron chi connectivity index (χ3n) is 5.57. The number of carbonyl (C=O) groups excluding carboxylic acids is 1. The zero-order valence-corrected chi connectivity index (χ0v) is 16.3. The lowest BCUT2D eigenvalue weighted by molar-refractivity contribution is 0.0705. The number of hydrogen-bond donors (Lipinski definition) is 3. The summed E-state index contributed by atoms with van der Waals surface area (Å²) in [7, 11) is 0. The van der Waals surface area contributed by atoms with Gasteiger partial charge in [-0.2, -0.15) is 5.10 Å². The van der Waals surface area contributed by atoms with Crippen LogP contribution in [0.5, 0.6) is 0 Å². The van der Waals surface area contributed by atoms with E-state index in [9.17, 15) is 9.90 Å². The number of aliphatic hydroxyl groups is 1. The molecule has 4 N–H and O–H groups in total. The smallest absolute Gasteiger partial charge is 0.253 e. The van der Waals surface area contributed by atoms with Gasteiger partial charge in [-0.3, -0.25) is 9.89 Å². The fourth-order valence-corrected chi connectivity index (χ4v) is 3.91. The van der Waals surface area contributed by atoms with E-state index >= 15 is 0 Å². The van der Waals surface area contributed by atoms with Crippen molar-refractivity contribution < 1.29 is 9.90 Å². The number of hydrogen-bond acceptors (Lipinski definition) is 4. The Morgan fingerprint density at radius 3 is 2.83 bits per heavy atom. The van der Waals surface area contributed by atoms with Gasteiger partial charge in [0, 0.05) is 35.8 Å². The van der Waals surface area contributed by atoms with E-state index in [1.165, 1.54) is 0 Å². The number of aromatic nitrogens is 2. The largest absolute Gasteiger partial charge is 0.394 e. The number of nitrogens with one attached hydrogen (secondary N) is 1. The second-order valence-electron chi connectivity index (χ2n) is 7.58. The highest BCUT2D eigenvalue weighted by molar-refractivity contribution is 5.94. The zero-order valence-electron chi connectivity index (χ0n) is 16.3. The van der Waals surface area contributed by atoms with E-state index in [1.54, 1.807) is 6.07 Å². The number of aromatic amines is 1. The molecule has 0 saturated carbocycles. The van der Waals surface area contributed by atoms with Gasteiger partial charge in [0.2, 0.25) is 0 Å². The van der Waals surface area contributed by atoms with Gasteiger partial charge in [0.05, 0.1) is 18.3 Å². The first-order valence-electron chi connectivity index (χ1n) is 10.0. The lowest BCUT2D eigenvalue weighted by Gasteiger charge is -2.32. The van der Waals surface area contributed by atoms with Gasteiger partial charge < -0.3 is 15.7 Å². The molecule has 3 aromatic rings. The summed E-state index contributed by atoms with van der Waals surface area (Å²) >= 11 is 0. The average molecular weight is 390 g/mol. The van der Waals surface area contributed by atoms with E-state index in [2.05, 4.69) is 16.3 Å². The summed E-state index contributed by atoms with van der Waals surface area (Å²) in [4.78, 5) is 15.0. The molecule has 4 rings (SSSR count). The Bertz CT molecular complexity index is 970. The van der Waals surface area contributed by atoms with Crippen LogP contribution in [0.4, 0.5) is 0 Å². The number of benzene rings is 2. The zero-order chi connectivity index (χ0) is 20.2. The molecule has 29 heavy (non-hydrogen) atoms. The molecule has 0 aliphatic carbocycles. The van der Waals surface area contributed by atoms with E-state index < -0.39 is 6.04 Å². The molecule has 0 radical (unpaired) electrons. The molecule has 1 aliphatic heterocycles. The molecule has 2 unspecified atom stereocenters. The number of piperidine rings is 1.